The Bertz CT molecular complexity index is 613. The summed E-state index contributed by atoms with van der Waals surface area (Å²) in [7, 11) is 0. The molecule has 25 heavy (non-hydrogen) atoms. The molecule has 1 amide bonds. The lowest BCUT2D eigenvalue weighted by Gasteiger charge is -2.22. The lowest BCUT2D eigenvalue weighted by molar-refractivity contribution is -0.118. The third kappa shape index (κ3) is 5.77. The van der Waals surface area contributed by atoms with Crippen LogP contribution in [0.3, 0.4) is 0 Å². The summed E-state index contributed by atoms with van der Waals surface area (Å²) in [6.07, 6.45) is 10.1. The SMILES string of the molecule is CCC[C@H](C)CNC(=O)C1=C[C]=CCC1c1ccc(OC(C)C)cc1. The van der Waals surface area contributed by atoms with Crippen molar-refractivity contribution < 1.29 is 9.53 Å². The molecule has 1 radical (unpaired) electrons. The smallest absolute Gasteiger partial charge is 0.247 e. The molecule has 3 heteroatoms. The Morgan fingerprint density at radius 3 is 2.64 bits per heavy atom. The van der Waals surface area contributed by atoms with Gasteiger partial charge < -0.3 is 10.1 Å². The number of rotatable bonds is 8. The van der Waals surface area contributed by atoms with Gasteiger partial charge in [-0.1, -0.05) is 38.5 Å². The van der Waals surface area contributed by atoms with E-state index < -0.39 is 0 Å². The van der Waals surface area contributed by atoms with Gasteiger partial charge in [0.1, 0.15) is 5.75 Å². The van der Waals surface area contributed by atoms with Crippen LogP contribution in [0, 0.1) is 12.0 Å². The lowest BCUT2D eigenvalue weighted by Crippen LogP contribution is -2.31. The number of carbonyl (C=O) groups excluding carboxylic acids is 1. The van der Waals surface area contributed by atoms with Crippen LogP contribution in [0.5, 0.6) is 5.75 Å². The number of benzene rings is 1. The molecule has 0 aliphatic heterocycles. The average Bonchev–Trinajstić information content (AvgIpc) is 2.60. The predicted molar refractivity (Wildman–Crippen MR) is 103 cm³/mol. The third-order valence-corrected chi connectivity index (χ3v) is 4.39. The Morgan fingerprint density at radius 1 is 1.28 bits per heavy atom. The van der Waals surface area contributed by atoms with Gasteiger partial charge in [0.15, 0.2) is 0 Å². The first-order chi connectivity index (χ1) is 12.0. The van der Waals surface area contributed by atoms with E-state index in [9.17, 15) is 4.79 Å². The number of hydrogen-bond acceptors (Lipinski definition) is 2. The van der Waals surface area contributed by atoms with Gasteiger partial charge in [-0.2, -0.15) is 0 Å². The van der Waals surface area contributed by atoms with Crippen molar-refractivity contribution in [2.75, 3.05) is 6.54 Å². The van der Waals surface area contributed by atoms with Crippen molar-refractivity contribution >= 4 is 5.91 Å². The molecule has 1 aliphatic rings. The van der Waals surface area contributed by atoms with Crippen LogP contribution in [0.4, 0.5) is 0 Å². The molecule has 1 aromatic carbocycles. The number of amides is 1. The van der Waals surface area contributed by atoms with Gasteiger partial charge in [-0.05, 0) is 62.5 Å². The normalized spacial score (nSPS) is 18.0. The molecule has 0 saturated carbocycles. The highest BCUT2D eigenvalue weighted by atomic mass is 16.5. The molecule has 0 saturated heterocycles. The fourth-order valence-corrected chi connectivity index (χ4v) is 3.12. The average molecular weight is 340 g/mol. The van der Waals surface area contributed by atoms with Gasteiger partial charge >= 0.3 is 0 Å². The molecule has 1 N–H and O–H groups in total. The summed E-state index contributed by atoms with van der Waals surface area (Å²) in [5, 5.41) is 3.09. The summed E-state index contributed by atoms with van der Waals surface area (Å²) in [5.74, 6) is 1.47. The van der Waals surface area contributed by atoms with Crippen LogP contribution in [0.2, 0.25) is 0 Å². The summed E-state index contributed by atoms with van der Waals surface area (Å²) >= 11 is 0. The Balaban J connectivity index is 2.05. The highest BCUT2D eigenvalue weighted by Gasteiger charge is 2.23. The van der Waals surface area contributed by atoms with Crippen molar-refractivity contribution in [2.24, 2.45) is 5.92 Å². The quantitative estimate of drug-likeness (QED) is 0.738. The van der Waals surface area contributed by atoms with Crippen LogP contribution >= 0.6 is 0 Å². The van der Waals surface area contributed by atoms with Crippen LogP contribution in [-0.2, 0) is 4.79 Å². The van der Waals surface area contributed by atoms with Crippen molar-refractivity contribution in [2.45, 2.75) is 59.0 Å². The zero-order valence-corrected chi connectivity index (χ0v) is 15.8. The molecule has 2 atom stereocenters. The van der Waals surface area contributed by atoms with E-state index in [0.29, 0.717) is 5.92 Å². The second-order valence-electron chi connectivity index (χ2n) is 7.10. The maximum absolute atomic E-state index is 12.6. The Hall–Kier alpha value is -2.03. The lowest BCUT2D eigenvalue weighted by atomic mass is 9.84. The molecular weight excluding hydrogens is 310 g/mol. The standard InChI is InChI=1S/C22H30NO2/c1-5-8-17(4)15-23-22(24)21-10-7-6-9-20(21)18-11-13-19(14-12-18)25-16(2)3/h6,10-14,16-17,20H,5,8-9,15H2,1-4H3,(H,23,24)/t17-,20?/m0/s1. The van der Waals surface area contributed by atoms with Crippen molar-refractivity contribution in [3.8, 4) is 5.75 Å². The molecule has 135 valence electrons. The molecule has 0 aromatic heterocycles. The van der Waals surface area contributed by atoms with Gasteiger partial charge in [0.05, 0.1) is 6.10 Å². The number of allylic oxidation sites excluding steroid dienone is 3. The van der Waals surface area contributed by atoms with Crippen molar-refractivity contribution in [1.82, 2.24) is 5.32 Å². The maximum Gasteiger partial charge on any atom is 0.247 e. The molecule has 0 heterocycles. The summed E-state index contributed by atoms with van der Waals surface area (Å²) < 4.78 is 5.70. The summed E-state index contributed by atoms with van der Waals surface area (Å²) in [6, 6.07) is 8.08. The highest BCUT2D eigenvalue weighted by Crippen LogP contribution is 2.32. The monoisotopic (exact) mass is 340 g/mol. The largest absolute Gasteiger partial charge is 0.491 e. The van der Waals surface area contributed by atoms with Crippen molar-refractivity contribution in [3.05, 3.63) is 53.6 Å². The molecule has 2 rings (SSSR count). The van der Waals surface area contributed by atoms with Gasteiger partial charge in [0.25, 0.3) is 0 Å². The Labute approximate surface area is 152 Å². The van der Waals surface area contributed by atoms with E-state index in [1.807, 2.05) is 38.1 Å². The molecule has 1 aromatic rings. The maximum atomic E-state index is 12.6. The van der Waals surface area contributed by atoms with Gasteiger partial charge in [0.2, 0.25) is 5.91 Å². The molecule has 0 fully saturated rings. The van der Waals surface area contributed by atoms with Gasteiger partial charge in [0, 0.05) is 18.0 Å². The molecule has 1 aliphatic carbocycles. The molecule has 0 spiro atoms. The summed E-state index contributed by atoms with van der Waals surface area (Å²) in [6.45, 7) is 9.10. The molecule has 3 nitrogen and oxygen atoms in total. The second kappa shape index (κ2) is 9.45. The van der Waals surface area contributed by atoms with E-state index in [4.69, 9.17) is 4.74 Å². The zero-order chi connectivity index (χ0) is 18.2. The summed E-state index contributed by atoms with van der Waals surface area (Å²) in [5.41, 5.74) is 1.93. The first-order valence-electron chi connectivity index (χ1n) is 9.33. The zero-order valence-electron chi connectivity index (χ0n) is 15.8. The predicted octanol–water partition coefficient (Wildman–Crippen LogP) is 4.80. The van der Waals surface area contributed by atoms with Crippen LogP contribution in [0.15, 0.2) is 42.0 Å². The number of carbonyl (C=O) groups is 1. The number of nitrogens with one attached hydrogen (secondary N) is 1. The Kier molecular flexibility index (Phi) is 7.30. The van der Waals surface area contributed by atoms with Crippen LogP contribution in [0.1, 0.15) is 58.4 Å². The van der Waals surface area contributed by atoms with E-state index in [1.165, 1.54) is 0 Å². The second-order valence-corrected chi connectivity index (χ2v) is 7.10. The molecule has 0 bridgehead atoms. The van der Waals surface area contributed by atoms with E-state index in [0.717, 1.165) is 42.7 Å². The van der Waals surface area contributed by atoms with Crippen molar-refractivity contribution in [1.29, 1.82) is 0 Å². The fraction of sp³-hybridized carbons (Fsp3) is 0.500. The minimum atomic E-state index is 0.0241. The van der Waals surface area contributed by atoms with Crippen LogP contribution in [0.25, 0.3) is 0 Å². The van der Waals surface area contributed by atoms with E-state index >= 15 is 0 Å². The van der Waals surface area contributed by atoms with Gasteiger partial charge in [-0.15, -0.1) is 0 Å². The van der Waals surface area contributed by atoms with Crippen LogP contribution in [-0.4, -0.2) is 18.6 Å². The molecule has 1 unspecified atom stereocenters. The first kappa shape index (κ1) is 19.3. The van der Waals surface area contributed by atoms with E-state index in [2.05, 4.69) is 37.4 Å². The topological polar surface area (TPSA) is 38.3 Å². The minimum Gasteiger partial charge on any atom is -0.491 e. The van der Waals surface area contributed by atoms with Gasteiger partial charge in [-0.25, -0.2) is 0 Å². The Morgan fingerprint density at radius 2 is 2.00 bits per heavy atom. The third-order valence-electron chi connectivity index (χ3n) is 4.39. The minimum absolute atomic E-state index is 0.0241. The summed E-state index contributed by atoms with van der Waals surface area (Å²) in [4.78, 5) is 12.6. The highest BCUT2D eigenvalue weighted by molar-refractivity contribution is 5.95. The first-order valence-corrected chi connectivity index (χ1v) is 9.33. The van der Waals surface area contributed by atoms with Crippen LogP contribution < -0.4 is 10.1 Å². The van der Waals surface area contributed by atoms with E-state index in [1.54, 1.807) is 0 Å². The number of ether oxygens (including phenoxy) is 1. The number of hydrogen-bond donors (Lipinski definition) is 1. The fourth-order valence-electron chi connectivity index (χ4n) is 3.12. The van der Waals surface area contributed by atoms with Gasteiger partial charge in [-0.3, -0.25) is 4.79 Å². The van der Waals surface area contributed by atoms with Crippen molar-refractivity contribution in [3.63, 3.8) is 0 Å². The van der Waals surface area contributed by atoms with E-state index in [-0.39, 0.29) is 17.9 Å². The molecular formula is C22H30NO2.